The molecule has 2 aromatic rings. The van der Waals surface area contributed by atoms with Crippen LogP contribution in [0.25, 0.3) is 0 Å². The van der Waals surface area contributed by atoms with Crippen molar-refractivity contribution in [2.45, 2.75) is 19.9 Å². The lowest BCUT2D eigenvalue weighted by atomic mass is 10.2. The Morgan fingerprint density at radius 2 is 2.16 bits per heavy atom. The summed E-state index contributed by atoms with van der Waals surface area (Å²) in [5.74, 6) is -0.441. The lowest BCUT2D eigenvalue weighted by Crippen LogP contribution is -2.17. The molecule has 1 aromatic carbocycles. The molecule has 6 heteroatoms. The summed E-state index contributed by atoms with van der Waals surface area (Å²) in [7, 11) is 0. The van der Waals surface area contributed by atoms with Crippen LogP contribution in [0.5, 0.6) is 0 Å². The van der Waals surface area contributed by atoms with Gasteiger partial charge in [-0.1, -0.05) is 0 Å². The van der Waals surface area contributed by atoms with Gasteiger partial charge in [-0.05, 0) is 32.0 Å². The number of aromatic nitrogens is 2. The van der Waals surface area contributed by atoms with Gasteiger partial charge in [0.1, 0.15) is 11.6 Å². The summed E-state index contributed by atoms with van der Waals surface area (Å²) in [5, 5.41) is 6.79. The number of nitrogens with zero attached hydrogens (tertiary/aromatic N) is 2. The lowest BCUT2D eigenvalue weighted by molar-refractivity contribution is 0.102. The summed E-state index contributed by atoms with van der Waals surface area (Å²) in [6, 6.07) is 5.76. The van der Waals surface area contributed by atoms with E-state index in [2.05, 4.69) is 10.4 Å². The summed E-state index contributed by atoms with van der Waals surface area (Å²) in [6.45, 7) is 3.90. The second-order valence-electron chi connectivity index (χ2n) is 4.45. The topological polar surface area (TPSA) is 72.9 Å². The van der Waals surface area contributed by atoms with Gasteiger partial charge >= 0.3 is 0 Å². The van der Waals surface area contributed by atoms with Crippen molar-refractivity contribution in [2.24, 2.45) is 0 Å². The van der Waals surface area contributed by atoms with Gasteiger partial charge in [0.2, 0.25) is 0 Å². The highest BCUT2D eigenvalue weighted by atomic mass is 19.1. The van der Waals surface area contributed by atoms with E-state index in [9.17, 15) is 9.18 Å². The van der Waals surface area contributed by atoms with Crippen molar-refractivity contribution in [1.29, 1.82) is 0 Å². The normalized spacial score (nSPS) is 10.7. The van der Waals surface area contributed by atoms with Crippen molar-refractivity contribution in [3.8, 4) is 0 Å². The second kappa shape index (κ2) is 5.09. The van der Waals surface area contributed by atoms with Gasteiger partial charge < -0.3 is 11.1 Å². The molecule has 0 radical (unpaired) electrons. The van der Waals surface area contributed by atoms with Gasteiger partial charge in [0.25, 0.3) is 5.91 Å². The Labute approximate surface area is 110 Å². The Hall–Kier alpha value is -2.37. The number of carbonyl (C=O) groups is 1. The monoisotopic (exact) mass is 262 g/mol. The standard InChI is InChI=1S/C13H15FN4O/c1-8(2)18-12(5-6-16-18)17-13(19)9-3-4-11(15)10(14)7-9/h3-8H,15H2,1-2H3,(H,17,19). The van der Waals surface area contributed by atoms with E-state index < -0.39 is 11.7 Å². The van der Waals surface area contributed by atoms with Gasteiger partial charge in [0.05, 0.1) is 11.9 Å². The van der Waals surface area contributed by atoms with Crippen LogP contribution in [0.1, 0.15) is 30.2 Å². The van der Waals surface area contributed by atoms with Crippen LogP contribution in [0.3, 0.4) is 0 Å². The van der Waals surface area contributed by atoms with E-state index in [0.29, 0.717) is 5.82 Å². The Bertz CT molecular complexity index is 606. The van der Waals surface area contributed by atoms with Crippen molar-refractivity contribution >= 4 is 17.4 Å². The molecular formula is C13H15FN4O. The van der Waals surface area contributed by atoms with E-state index in [-0.39, 0.29) is 17.3 Å². The van der Waals surface area contributed by atoms with Gasteiger partial charge in [-0.2, -0.15) is 5.10 Å². The molecule has 19 heavy (non-hydrogen) atoms. The molecule has 1 amide bonds. The van der Waals surface area contributed by atoms with Crippen LogP contribution in [-0.4, -0.2) is 15.7 Å². The highest BCUT2D eigenvalue weighted by molar-refractivity contribution is 6.04. The van der Waals surface area contributed by atoms with E-state index in [4.69, 9.17) is 5.73 Å². The molecule has 0 spiro atoms. The number of nitrogens with two attached hydrogens (primary N) is 1. The molecule has 0 saturated carbocycles. The molecule has 0 bridgehead atoms. The quantitative estimate of drug-likeness (QED) is 0.834. The minimum Gasteiger partial charge on any atom is -0.396 e. The van der Waals surface area contributed by atoms with Gasteiger partial charge in [0.15, 0.2) is 0 Å². The first-order valence-corrected chi connectivity index (χ1v) is 5.89. The number of rotatable bonds is 3. The molecule has 1 aromatic heterocycles. The summed E-state index contributed by atoms with van der Waals surface area (Å²) >= 11 is 0. The summed E-state index contributed by atoms with van der Waals surface area (Å²) in [5.41, 5.74) is 5.60. The zero-order valence-electron chi connectivity index (χ0n) is 10.7. The van der Waals surface area contributed by atoms with E-state index in [1.54, 1.807) is 16.9 Å². The predicted octanol–water partition coefficient (Wildman–Crippen LogP) is 2.44. The lowest BCUT2D eigenvalue weighted by Gasteiger charge is -2.11. The number of hydrogen-bond acceptors (Lipinski definition) is 3. The van der Waals surface area contributed by atoms with E-state index in [0.717, 1.165) is 6.07 Å². The number of carbonyl (C=O) groups excluding carboxylic acids is 1. The number of amides is 1. The van der Waals surface area contributed by atoms with Crippen molar-refractivity contribution in [1.82, 2.24) is 9.78 Å². The fourth-order valence-electron chi connectivity index (χ4n) is 1.68. The van der Waals surface area contributed by atoms with Crippen LogP contribution in [0.15, 0.2) is 30.5 Å². The summed E-state index contributed by atoms with van der Waals surface area (Å²) in [6.07, 6.45) is 1.60. The zero-order valence-corrected chi connectivity index (χ0v) is 10.7. The number of benzene rings is 1. The fraction of sp³-hybridized carbons (Fsp3) is 0.231. The Morgan fingerprint density at radius 3 is 2.79 bits per heavy atom. The minimum atomic E-state index is -0.606. The van der Waals surface area contributed by atoms with Crippen molar-refractivity contribution in [2.75, 3.05) is 11.1 Å². The molecule has 1 heterocycles. The summed E-state index contributed by atoms with van der Waals surface area (Å²) < 4.78 is 15.0. The third-order valence-corrected chi connectivity index (χ3v) is 2.66. The maximum Gasteiger partial charge on any atom is 0.256 e. The maximum atomic E-state index is 13.3. The fourth-order valence-corrected chi connectivity index (χ4v) is 1.68. The molecule has 0 aliphatic heterocycles. The molecule has 2 rings (SSSR count). The first-order valence-electron chi connectivity index (χ1n) is 5.89. The number of nitrogens with one attached hydrogen (secondary N) is 1. The molecule has 0 fully saturated rings. The van der Waals surface area contributed by atoms with Crippen LogP contribution in [0.4, 0.5) is 15.9 Å². The highest BCUT2D eigenvalue weighted by Gasteiger charge is 2.12. The third kappa shape index (κ3) is 2.73. The average Bonchev–Trinajstić information content (AvgIpc) is 2.80. The molecule has 0 unspecified atom stereocenters. The molecule has 100 valence electrons. The van der Waals surface area contributed by atoms with Gasteiger partial charge in [0, 0.05) is 17.7 Å². The smallest absolute Gasteiger partial charge is 0.256 e. The summed E-state index contributed by atoms with van der Waals surface area (Å²) in [4.78, 5) is 12.0. The van der Waals surface area contributed by atoms with Gasteiger partial charge in [-0.3, -0.25) is 4.79 Å². The van der Waals surface area contributed by atoms with Crippen molar-refractivity contribution < 1.29 is 9.18 Å². The first kappa shape index (κ1) is 13.1. The van der Waals surface area contributed by atoms with E-state index >= 15 is 0 Å². The Kier molecular flexibility index (Phi) is 3.50. The van der Waals surface area contributed by atoms with E-state index in [1.165, 1.54) is 12.1 Å². The molecule has 0 saturated heterocycles. The minimum absolute atomic E-state index is 0.0174. The van der Waals surface area contributed by atoms with E-state index in [1.807, 2.05) is 13.8 Å². The van der Waals surface area contributed by atoms with Crippen LogP contribution in [0.2, 0.25) is 0 Å². The number of nitrogen functional groups attached to an aromatic ring is 1. The van der Waals surface area contributed by atoms with Crippen molar-refractivity contribution in [3.05, 3.63) is 41.8 Å². The molecule has 0 aliphatic rings. The maximum absolute atomic E-state index is 13.3. The number of halogens is 1. The van der Waals surface area contributed by atoms with Crippen LogP contribution in [-0.2, 0) is 0 Å². The second-order valence-corrected chi connectivity index (χ2v) is 4.45. The molecule has 3 N–H and O–H groups in total. The van der Waals surface area contributed by atoms with Gasteiger partial charge in [-0.25, -0.2) is 9.07 Å². The third-order valence-electron chi connectivity index (χ3n) is 2.66. The van der Waals surface area contributed by atoms with Crippen molar-refractivity contribution in [3.63, 3.8) is 0 Å². The molecule has 0 atom stereocenters. The SMILES string of the molecule is CC(C)n1nccc1NC(=O)c1ccc(N)c(F)c1. The Balaban J connectivity index is 2.21. The van der Waals surface area contributed by atoms with Gasteiger partial charge in [-0.15, -0.1) is 0 Å². The number of hydrogen-bond donors (Lipinski definition) is 2. The van der Waals surface area contributed by atoms with Crippen LogP contribution in [0, 0.1) is 5.82 Å². The van der Waals surface area contributed by atoms with Crippen LogP contribution < -0.4 is 11.1 Å². The predicted molar refractivity (Wildman–Crippen MR) is 71.4 cm³/mol. The average molecular weight is 262 g/mol. The highest BCUT2D eigenvalue weighted by Crippen LogP contribution is 2.16. The largest absolute Gasteiger partial charge is 0.396 e. The molecule has 5 nitrogen and oxygen atoms in total. The number of anilines is 2. The first-order chi connectivity index (χ1) is 8.99. The molecular weight excluding hydrogens is 247 g/mol. The van der Waals surface area contributed by atoms with Crippen LogP contribution >= 0.6 is 0 Å². The zero-order chi connectivity index (χ0) is 14.0. The molecule has 0 aliphatic carbocycles. The Morgan fingerprint density at radius 1 is 1.42 bits per heavy atom.